The van der Waals surface area contributed by atoms with Crippen molar-refractivity contribution in [2.75, 3.05) is 20.0 Å². The van der Waals surface area contributed by atoms with E-state index in [1.807, 2.05) is 6.07 Å². The van der Waals surface area contributed by atoms with Crippen molar-refractivity contribution in [1.82, 2.24) is 5.43 Å². The lowest BCUT2D eigenvalue weighted by Gasteiger charge is -2.13. The van der Waals surface area contributed by atoms with Gasteiger partial charge in [0.15, 0.2) is 11.5 Å². The lowest BCUT2D eigenvalue weighted by Crippen LogP contribution is -2.24. The third kappa shape index (κ3) is 2.66. The first-order chi connectivity index (χ1) is 9.83. The van der Waals surface area contributed by atoms with Gasteiger partial charge in [-0.15, -0.1) is 0 Å². The van der Waals surface area contributed by atoms with Gasteiger partial charge in [-0.1, -0.05) is 0 Å². The molecule has 0 saturated heterocycles. The maximum atomic E-state index is 11.6. The molecule has 7 heteroatoms. The Hall–Kier alpha value is -2.70. The van der Waals surface area contributed by atoms with Crippen molar-refractivity contribution >= 4 is 12.1 Å². The van der Waals surface area contributed by atoms with Crippen LogP contribution in [0.15, 0.2) is 35.3 Å². The number of carbonyl (C=O) groups excluding carboxylic acids is 1. The van der Waals surface area contributed by atoms with E-state index in [0.717, 1.165) is 5.56 Å². The average molecular weight is 276 g/mol. The summed E-state index contributed by atoms with van der Waals surface area (Å²) in [5.41, 5.74) is 3.14. The summed E-state index contributed by atoms with van der Waals surface area (Å²) >= 11 is 0. The number of nitrogens with one attached hydrogen (secondary N) is 1. The molecule has 7 nitrogen and oxygen atoms in total. The highest BCUT2D eigenvalue weighted by Crippen LogP contribution is 2.31. The maximum Gasteiger partial charge on any atom is 0.309 e. The largest absolute Gasteiger partial charge is 0.494 e. The monoisotopic (exact) mass is 276 g/mol. The second-order valence-electron chi connectivity index (χ2n) is 4.01. The van der Waals surface area contributed by atoms with Crippen molar-refractivity contribution in [3.8, 4) is 11.5 Å². The second kappa shape index (κ2) is 5.52. The number of carbonyl (C=O) groups is 1. The quantitative estimate of drug-likeness (QED) is 0.651. The minimum atomic E-state index is -0.457. The summed E-state index contributed by atoms with van der Waals surface area (Å²) in [6.45, 7) is 1.01. The van der Waals surface area contributed by atoms with E-state index in [1.54, 1.807) is 12.1 Å². The fraction of sp³-hybridized carbons (Fsp3) is 0.231. The average Bonchev–Trinajstić information content (AvgIpc) is 2.95. The van der Waals surface area contributed by atoms with Crippen LogP contribution in [-0.4, -0.2) is 32.1 Å². The molecule has 2 aliphatic heterocycles. The Kier molecular flexibility index (Phi) is 3.40. The normalized spacial score (nSPS) is 16.3. The van der Waals surface area contributed by atoms with Crippen molar-refractivity contribution in [2.24, 2.45) is 5.10 Å². The molecule has 0 atom stereocenters. The predicted molar refractivity (Wildman–Crippen MR) is 68.3 cm³/mol. The van der Waals surface area contributed by atoms with Crippen LogP contribution in [0.3, 0.4) is 0 Å². The molecular formula is C13H12N2O5. The number of nitrogens with zero attached hydrogens (tertiary/aromatic N) is 1. The highest BCUT2D eigenvalue weighted by Gasteiger charge is 2.14. The number of ether oxygens (including phenoxy) is 4. The van der Waals surface area contributed by atoms with Gasteiger partial charge in [-0.25, -0.2) is 5.43 Å². The molecule has 1 N–H and O–H groups in total. The topological polar surface area (TPSA) is 78.4 Å². The molecule has 2 heterocycles. The summed E-state index contributed by atoms with van der Waals surface area (Å²) in [5, 5.41) is 3.84. The summed E-state index contributed by atoms with van der Waals surface area (Å²) in [5.74, 6) is 1.01. The molecule has 104 valence electrons. The second-order valence-corrected chi connectivity index (χ2v) is 4.01. The molecule has 2 aliphatic rings. The van der Waals surface area contributed by atoms with Crippen molar-refractivity contribution in [3.63, 3.8) is 0 Å². The van der Waals surface area contributed by atoms with Crippen LogP contribution in [0.25, 0.3) is 0 Å². The summed E-state index contributed by atoms with van der Waals surface area (Å²) < 4.78 is 20.6. The number of hydrazone groups is 1. The third-order valence-corrected chi connectivity index (χ3v) is 2.65. The van der Waals surface area contributed by atoms with Crippen LogP contribution in [0.2, 0.25) is 0 Å². The lowest BCUT2D eigenvalue weighted by atomic mass is 10.2. The van der Waals surface area contributed by atoms with E-state index >= 15 is 0 Å². The number of fused-ring (bicyclic) bond motifs is 1. The Labute approximate surface area is 114 Å². The van der Waals surface area contributed by atoms with Crippen LogP contribution in [0.1, 0.15) is 5.56 Å². The van der Waals surface area contributed by atoms with Crippen LogP contribution in [0.4, 0.5) is 0 Å². The number of rotatable bonds is 3. The number of benzene rings is 1. The van der Waals surface area contributed by atoms with Gasteiger partial charge in [0.1, 0.15) is 19.5 Å². The molecular weight excluding hydrogens is 264 g/mol. The van der Waals surface area contributed by atoms with Crippen LogP contribution >= 0.6 is 0 Å². The van der Waals surface area contributed by atoms with Gasteiger partial charge < -0.3 is 18.9 Å². The van der Waals surface area contributed by atoms with E-state index < -0.39 is 5.91 Å². The van der Waals surface area contributed by atoms with Crippen molar-refractivity contribution in [1.29, 1.82) is 0 Å². The Morgan fingerprint density at radius 1 is 1.20 bits per heavy atom. The summed E-state index contributed by atoms with van der Waals surface area (Å²) in [6.07, 6.45) is 2.78. The van der Waals surface area contributed by atoms with Crippen LogP contribution in [0, 0.1) is 0 Å². The molecule has 0 unspecified atom stereocenters. The van der Waals surface area contributed by atoms with Crippen LogP contribution in [-0.2, 0) is 14.3 Å². The standard InChI is InChI=1S/C13H12N2O5/c16-13(12-7-17-3-4-18-12)15-14-6-9-1-2-10-11(5-9)20-8-19-10/h1-2,5-7H,3-4,8H2,(H,15,16). The van der Waals surface area contributed by atoms with E-state index in [-0.39, 0.29) is 12.6 Å². The summed E-state index contributed by atoms with van der Waals surface area (Å²) in [4.78, 5) is 11.6. The zero-order chi connectivity index (χ0) is 13.8. The highest BCUT2D eigenvalue weighted by molar-refractivity contribution is 5.92. The van der Waals surface area contributed by atoms with Crippen LogP contribution in [0.5, 0.6) is 11.5 Å². The zero-order valence-electron chi connectivity index (χ0n) is 10.5. The van der Waals surface area contributed by atoms with E-state index in [0.29, 0.717) is 24.7 Å². The molecule has 0 fully saturated rings. The molecule has 0 aliphatic carbocycles. The molecule has 1 aromatic rings. The van der Waals surface area contributed by atoms with Gasteiger partial charge in [-0.05, 0) is 23.8 Å². The minimum absolute atomic E-state index is 0.110. The Bertz CT molecular complexity index is 582. The first kappa shape index (κ1) is 12.3. The number of hydrogen-bond acceptors (Lipinski definition) is 6. The predicted octanol–water partition coefficient (Wildman–Crippen LogP) is 0.754. The molecule has 0 bridgehead atoms. The molecule has 0 saturated carbocycles. The zero-order valence-corrected chi connectivity index (χ0v) is 10.5. The number of hydrogen-bond donors (Lipinski definition) is 1. The van der Waals surface area contributed by atoms with E-state index in [4.69, 9.17) is 18.9 Å². The number of amides is 1. The molecule has 0 radical (unpaired) electrons. The SMILES string of the molecule is O=C(NN=Cc1ccc2c(c1)OCO2)C1=COCCO1. The van der Waals surface area contributed by atoms with E-state index in [2.05, 4.69) is 10.5 Å². The molecule has 3 rings (SSSR count). The van der Waals surface area contributed by atoms with Gasteiger partial charge in [0.05, 0.1) is 6.21 Å². The summed E-state index contributed by atoms with van der Waals surface area (Å²) in [6, 6.07) is 5.37. The van der Waals surface area contributed by atoms with Crippen molar-refractivity contribution in [2.45, 2.75) is 0 Å². The third-order valence-electron chi connectivity index (χ3n) is 2.65. The maximum absolute atomic E-state index is 11.6. The highest BCUT2D eigenvalue weighted by atomic mass is 16.7. The Morgan fingerprint density at radius 2 is 2.10 bits per heavy atom. The fourth-order valence-electron chi connectivity index (χ4n) is 1.70. The molecule has 1 amide bonds. The van der Waals surface area contributed by atoms with Crippen molar-refractivity contribution in [3.05, 3.63) is 35.8 Å². The van der Waals surface area contributed by atoms with Crippen molar-refractivity contribution < 1.29 is 23.7 Å². The molecule has 0 aromatic heterocycles. The Morgan fingerprint density at radius 3 is 2.95 bits per heavy atom. The summed E-state index contributed by atoms with van der Waals surface area (Å²) in [7, 11) is 0. The van der Waals surface area contributed by atoms with Gasteiger partial charge in [0.25, 0.3) is 0 Å². The first-order valence-electron chi connectivity index (χ1n) is 6.00. The molecule has 0 spiro atoms. The van der Waals surface area contributed by atoms with Gasteiger partial charge in [-0.3, -0.25) is 4.79 Å². The van der Waals surface area contributed by atoms with Crippen LogP contribution < -0.4 is 14.9 Å². The smallest absolute Gasteiger partial charge is 0.309 e. The van der Waals surface area contributed by atoms with Gasteiger partial charge in [0.2, 0.25) is 12.6 Å². The fourth-order valence-corrected chi connectivity index (χ4v) is 1.70. The van der Waals surface area contributed by atoms with Gasteiger partial charge >= 0.3 is 5.91 Å². The molecule has 1 aromatic carbocycles. The van der Waals surface area contributed by atoms with Gasteiger partial charge in [0, 0.05) is 0 Å². The minimum Gasteiger partial charge on any atom is -0.494 e. The van der Waals surface area contributed by atoms with Gasteiger partial charge in [-0.2, -0.15) is 5.10 Å². The van der Waals surface area contributed by atoms with E-state index in [1.165, 1.54) is 12.5 Å². The first-order valence-corrected chi connectivity index (χ1v) is 6.00. The van der Waals surface area contributed by atoms with E-state index in [9.17, 15) is 4.79 Å². The lowest BCUT2D eigenvalue weighted by molar-refractivity contribution is -0.122. The molecule has 20 heavy (non-hydrogen) atoms. The Balaban J connectivity index is 1.60.